The van der Waals surface area contributed by atoms with Crippen LogP contribution in [0.25, 0.3) is 0 Å². The monoisotopic (exact) mass is 259 g/mol. The van der Waals surface area contributed by atoms with Gasteiger partial charge in [0.05, 0.1) is 12.0 Å². The summed E-state index contributed by atoms with van der Waals surface area (Å²) in [7, 11) is 0. The van der Waals surface area contributed by atoms with E-state index in [0.717, 1.165) is 11.3 Å². The largest absolute Gasteiger partial charge is 0.494 e. The molecule has 3 nitrogen and oxygen atoms in total. The number of hydrogen-bond acceptors (Lipinski definition) is 2. The Morgan fingerprint density at radius 1 is 1.26 bits per heavy atom. The molecule has 102 valence electrons. The standard InChI is InChI=1S/C16H21NO2/c1-4-11-16(12-5-2,15(17)18)13-7-9-14(10-8-13)19-6-3/h4-5,7-10H,1-2,6,11-12H2,3H3,(H2,17,18). The van der Waals surface area contributed by atoms with Crippen molar-refractivity contribution in [2.75, 3.05) is 6.61 Å². The summed E-state index contributed by atoms with van der Waals surface area (Å²) in [6, 6.07) is 7.46. The van der Waals surface area contributed by atoms with Gasteiger partial charge in [0.1, 0.15) is 5.75 Å². The highest BCUT2D eigenvalue weighted by molar-refractivity contribution is 5.87. The fraction of sp³-hybridized carbons (Fsp3) is 0.312. The number of benzene rings is 1. The number of carbonyl (C=O) groups is 1. The number of primary amides is 1. The Hall–Kier alpha value is -2.03. The summed E-state index contributed by atoms with van der Waals surface area (Å²) in [5, 5.41) is 0. The normalized spacial score (nSPS) is 10.8. The summed E-state index contributed by atoms with van der Waals surface area (Å²) in [4.78, 5) is 11.9. The molecule has 1 rings (SSSR count). The minimum atomic E-state index is -0.770. The summed E-state index contributed by atoms with van der Waals surface area (Å²) in [6.45, 7) is 9.97. The zero-order valence-electron chi connectivity index (χ0n) is 11.4. The maximum atomic E-state index is 11.9. The molecule has 0 radical (unpaired) electrons. The van der Waals surface area contributed by atoms with E-state index < -0.39 is 5.41 Å². The minimum absolute atomic E-state index is 0.364. The average Bonchev–Trinajstić information content (AvgIpc) is 2.39. The smallest absolute Gasteiger partial charge is 0.228 e. The second-order valence-electron chi connectivity index (χ2n) is 4.39. The van der Waals surface area contributed by atoms with E-state index in [9.17, 15) is 4.79 Å². The Bertz CT molecular complexity index is 438. The number of allylic oxidation sites excluding steroid dienone is 2. The van der Waals surface area contributed by atoms with E-state index in [2.05, 4.69) is 13.2 Å². The Kier molecular flexibility index (Phi) is 5.37. The summed E-state index contributed by atoms with van der Waals surface area (Å²) in [6.07, 6.45) is 4.40. The van der Waals surface area contributed by atoms with Crippen LogP contribution in [0.4, 0.5) is 0 Å². The maximum absolute atomic E-state index is 11.9. The minimum Gasteiger partial charge on any atom is -0.494 e. The van der Waals surface area contributed by atoms with Gasteiger partial charge in [-0.3, -0.25) is 4.79 Å². The Labute approximate surface area is 114 Å². The van der Waals surface area contributed by atoms with Gasteiger partial charge in [-0.15, -0.1) is 13.2 Å². The summed E-state index contributed by atoms with van der Waals surface area (Å²) >= 11 is 0. The van der Waals surface area contributed by atoms with Gasteiger partial charge < -0.3 is 10.5 Å². The highest BCUT2D eigenvalue weighted by Gasteiger charge is 2.36. The lowest BCUT2D eigenvalue weighted by molar-refractivity contribution is -0.123. The summed E-state index contributed by atoms with van der Waals surface area (Å²) in [5.41, 5.74) is 5.70. The van der Waals surface area contributed by atoms with Gasteiger partial charge in [-0.1, -0.05) is 24.3 Å². The Balaban J connectivity index is 3.18. The van der Waals surface area contributed by atoms with Crippen molar-refractivity contribution in [1.29, 1.82) is 0 Å². The van der Waals surface area contributed by atoms with Gasteiger partial charge in [0.15, 0.2) is 0 Å². The fourth-order valence-corrected chi connectivity index (χ4v) is 2.19. The molecule has 1 amide bonds. The SMILES string of the molecule is C=CCC(CC=C)(C(N)=O)c1ccc(OCC)cc1. The number of nitrogens with two attached hydrogens (primary N) is 1. The van der Waals surface area contributed by atoms with E-state index in [1.54, 1.807) is 12.2 Å². The van der Waals surface area contributed by atoms with Crippen LogP contribution in [-0.2, 0) is 10.2 Å². The highest BCUT2D eigenvalue weighted by atomic mass is 16.5. The third kappa shape index (κ3) is 3.25. The van der Waals surface area contributed by atoms with E-state index in [-0.39, 0.29) is 5.91 Å². The lowest BCUT2D eigenvalue weighted by Crippen LogP contribution is -2.40. The molecule has 0 aromatic heterocycles. The predicted molar refractivity (Wildman–Crippen MR) is 78.1 cm³/mol. The van der Waals surface area contributed by atoms with Crippen LogP contribution in [0.2, 0.25) is 0 Å². The first kappa shape index (κ1) is 15.0. The molecule has 1 aromatic carbocycles. The number of amides is 1. The molecule has 0 aliphatic carbocycles. The first-order valence-corrected chi connectivity index (χ1v) is 6.35. The van der Waals surface area contributed by atoms with E-state index in [1.165, 1.54) is 0 Å². The van der Waals surface area contributed by atoms with Gasteiger partial charge in [-0.25, -0.2) is 0 Å². The van der Waals surface area contributed by atoms with Gasteiger partial charge in [0.25, 0.3) is 0 Å². The number of hydrogen-bond donors (Lipinski definition) is 1. The van der Waals surface area contributed by atoms with Crippen LogP contribution in [-0.4, -0.2) is 12.5 Å². The molecule has 0 saturated heterocycles. The molecule has 0 heterocycles. The topological polar surface area (TPSA) is 52.3 Å². The zero-order valence-corrected chi connectivity index (χ0v) is 11.4. The molecule has 2 N–H and O–H groups in total. The average molecular weight is 259 g/mol. The Morgan fingerprint density at radius 3 is 2.16 bits per heavy atom. The van der Waals surface area contributed by atoms with Crippen LogP contribution < -0.4 is 10.5 Å². The molecule has 0 spiro atoms. The van der Waals surface area contributed by atoms with Gasteiger partial charge in [0.2, 0.25) is 5.91 Å². The van der Waals surface area contributed by atoms with Gasteiger partial charge >= 0.3 is 0 Å². The van der Waals surface area contributed by atoms with Crippen molar-refractivity contribution in [2.45, 2.75) is 25.2 Å². The van der Waals surface area contributed by atoms with E-state index >= 15 is 0 Å². The van der Waals surface area contributed by atoms with Crippen molar-refractivity contribution in [2.24, 2.45) is 5.73 Å². The van der Waals surface area contributed by atoms with Crippen LogP contribution in [0.1, 0.15) is 25.3 Å². The molecule has 0 saturated carbocycles. The summed E-state index contributed by atoms with van der Waals surface area (Å²) in [5.74, 6) is 0.415. The number of ether oxygens (including phenoxy) is 1. The van der Waals surface area contributed by atoms with Crippen molar-refractivity contribution >= 4 is 5.91 Å². The van der Waals surface area contributed by atoms with Crippen LogP contribution in [0.5, 0.6) is 5.75 Å². The first-order valence-electron chi connectivity index (χ1n) is 6.35. The van der Waals surface area contributed by atoms with Crippen molar-refractivity contribution in [3.8, 4) is 5.75 Å². The van der Waals surface area contributed by atoms with Crippen LogP contribution in [0.15, 0.2) is 49.6 Å². The molecule has 0 atom stereocenters. The Morgan fingerprint density at radius 2 is 1.79 bits per heavy atom. The third-order valence-corrected chi connectivity index (χ3v) is 3.18. The third-order valence-electron chi connectivity index (χ3n) is 3.18. The van der Waals surface area contributed by atoms with Crippen LogP contribution >= 0.6 is 0 Å². The quantitative estimate of drug-likeness (QED) is 0.730. The van der Waals surface area contributed by atoms with Gasteiger partial charge in [0, 0.05) is 0 Å². The van der Waals surface area contributed by atoms with Gasteiger partial charge in [-0.05, 0) is 37.5 Å². The van der Waals surface area contributed by atoms with E-state index in [0.29, 0.717) is 19.4 Å². The van der Waals surface area contributed by atoms with Crippen molar-refractivity contribution in [3.63, 3.8) is 0 Å². The molecule has 0 aliphatic rings. The fourth-order valence-electron chi connectivity index (χ4n) is 2.19. The molecular weight excluding hydrogens is 238 g/mol. The molecule has 1 aromatic rings. The van der Waals surface area contributed by atoms with Gasteiger partial charge in [-0.2, -0.15) is 0 Å². The molecule has 0 fully saturated rings. The first-order chi connectivity index (χ1) is 9.10. The van der Waals surface area contributed by atoms with E-state index in [4.69, 9.17) is 10.5 Å². The van der Waals surface area contributed by atoms with Crippen LogP contribution in [0.3, 0.4) is 0 Å². The van der Waals surface area contributed by atoms with Crippen molar-refractivity contribution in [1.82, 2.24) is 0 Å². The second kappa shape index (κ2) is 6.78. The zero-order chi connectivity index (χ0) is 14.3. The molecular formula is C16H21NO2. The summed E-state index contributed by atoms with van der Waals surface area (Å²) < 4.78 is 5.40. The maximum Gasteiger partial charge on any atom is 0.228 e. The van der Waals surface area contributed by atoms with Crippen molar-refractivity contribution < 1.29 is 9.53 Å². The van der Waals surface area contributed by atoms with Crippen LogP contribution in [0, 0.1) is 0 Å². The molecule has 0 bridgehead atoms. The number of rotatable bonds is 8. The molecule has 19 heavy (non-hydrogen) atoms. The predicted octanol–water partition coefficient (Wildman–Crippen LogP) is 2.96. The number of carbonyl (C=O) groups excluding carboxylic acids is 1. The molecule has 3 heteroatoms. The lowest BCUT2D eigenvalue weighted by atomic mass is 9.74. The molecule has 0 unspecified atom stereocenters. The lowest BCUT2D eigenvalue weighted by Gasteiger charge is -2.29. The van der Waals surface area contributed by atoms with E-state index in [1.807, 2.05) is 31.2 Å². The van der Waals surface area contributed by atoms with Crippen molar-refractivity contribution in [3.05, 3.63) is 55.1 Å². The second-order valence-corrected chi connectivity index (χ2v) is 4.39. The highest BCUT2D eigenvalue weighted by Crippen LogP contribution is 2.33. The molecule has 0 aliphatic heterocycles.